The molecule has 58 heavy (non-hydrogen) atoms. The third kappa shape index (κ3) is 40.4. The third-order valence-corrected chi connectivity index (χ3v) is 8.55. The van der Waals surface area contributed by atoms with Crippen LogP contribution in [0.5, 0.6) is 0 Å². The normalized spacial score (nSPS) is 13.9. The topological polar surface area (TPSA) is 111 Å². The molecule has 0 spiro atoms. The smallest absolute Gasteiger partial charge is 0.306 e. The van der Waals surface area contributed by atoms with Crippen LogP contribution in [0.3, 0.4) is 0 Å². The van der Waals surface area contributed by atoms with Crippen molar-refractivity contribution in [2.24, 2.45) is 0 Å². The number of quaternary nitrogens is 1. The van der Waals surface area contributed by atoms with Crippen molar-refractivity contribution in [1.29, 1.82) is 0 Å². The van der Waals surface area contributed by atoms with Gasteiger partial charge in [0.1, 0.15) is 13.2 Å². The van der Waals surface area contributed by atoms with Crippen molar-refractivity contribution in [2.45, 2.75) is 148 Å². The Labute approximate surface area is 352 Å². The Morgan fingerprint density at radius 3 is 1.53 bits per heavy atom. The Bertz CT molecular complexity index is 1270. The largest absolute Gasteiger partial charge is 0.545 e. The number of unbranched alkanes of at least 4 members (excludes halogenated alkanes) is 7. The van der Waals surface area contributed by atoms with Crippen LogP contribution in [0.2, 0.25) is 0 Å². The monoisotopic (exact) mass is 810 g/mol. The highest BCUT2D eigenvalue weighted by atomic mass is 16.7. The number of aliphatic carboxylic acids is 1. The zero-order valence-corrected chi connectivity index (χ0v) is 36.9. The maximum atomic E-state index is 12.7. The average Bonchev–Trinajstić information content (AvgIpc) is 3.18. The first kappa shape index (κ1) is 54.2. The highest BCUT2D eigenvalue weighted by molar-refractivity contribution is 5.70. The van der Waals surface area contributed by atoms with Crippen molar-refractivity contribution in [3.63, 3.8) is 0 Å². The summed E-state index contributed by atoms with van der Waals surface area (Å²) in [6.07, 6.45) is 48.9. The predicted molar refractivity (Wildman–Crippen MR) is 237 cm³/mol. The molecule has 0 heterocycles. The molecule has 0 saturated carbocycles. The number of likely N-dealkylation sites (N-methyl/N-ethyl adjacent to an activating group) is 1. The lowest BCUT2D eigenvalue weighted by molar-refractivity contribution is -0.870. The Morgan fingerprint density at radius 2 is 1.00 bits per heavy atom. The highest BCUT2D eigenvalue weighted by Gasteiger charge is 2.21. The van der Waals surface area contributed by atoms with Gasteiger partial charge in [0.25, 0.3) is 0 Å². The molecule has 0 aromatic rings. The molecule has 2 unspecified atom stereocenters. The van der Waals surface area contributed by atoms with E-state index in [9.17, 15) is 19.5 Å². The number of allylic oxidation sites excluding steroid dienone is 16. The number of carbonyl (C=O) groups excluding carboxylic acids is 3. The number of nitrogens with zero attached hydrogens (tertiary/aromatic N) is 1. The fourth-order valence-corrected chi connectivity index (χ4v) is 5.17. The number of carboxylic acids is 1. The molecule has 2 atom stereocenters. The van der Waals surface area contributed by atoms with Gasteiger partial charge in [0.2, 0.25) is 0 Å². The summed E-state index contributed by atoms with van der Waals surface area (Å²) in [5.74, 6) is -2.40. The van der Waals surface area contributed by atoms with E-state index in [0.29, 0.717) is 30.3 Å². The first-order chi connectivity index (χ1) is 28.1. The second-order valence-corrected chi connectivity index (χ2v) is 15.2. The number of esters is 2. The van der Waals surface area contributed by atoms with E-state index in [-0.39, 0.29) is 32.7 Å². The number of ether oxygens (including phenoxy) is 4. The van der Waals surface area contributed by atoms with Crippen LogP contribution in [0.25, 0.3) is 0 Å². The van der Waals surface area contributed by atoms with Gasteiger partial charge in [-0.05, 0) is 83.5 Å². The van der Waals surface area contributed by atoms with Gasteiger partial charge in [-0.25, -0.2) is 0 Å². The van der Waals surface area contributed by atoms with Gasteiger partial charge < -0.3 is 33.3 Å². The summed E-state index contributed by atoms with van der Waals surface area (Å²) in [7, 11) is 5.87. The number of rotatable bonds is 38. The molecule has 0 aliphatic heterocycles. The molecule has 0 rings (SSSR count). The quantitative estimate of drug-likeness (QED) is 0.0199. The van der Waals surface area contributed by atoms with Gasteiger partial charge in [-0.1, -0.05) is 137 Å². The fourth-order valence-electron chi connectivity index (χ4n) is 5.17. The third-order valence-electron chi connectivity index (χ3n) is 8.55. The molecule has 0 aromatic heterocycles. The molecular formula is C49H79NO8. The van der Waals surface area contributed by atoms with Crippen LogP contribution in [0, 0.1) is 0 Å². The Hall–Kier alpha value is -3.79. The second-order valence-electron chi connectivity index (χ2n) is 15.2. The summed E-state index contributed by atoms with van der Waals surface area (Å²) in [6, 6.07) is 0. The van der Waals surface area contributed by atoms with Crippen molar-refractivity contribution >= 4 is 17.9 Å². The van der Waals surface area contributed by atoms with Crippen molar-refractivity contribution < 1.29 is 42.9 Å². The molecule has 0 aliphatic rings. The summed E-state index contributed by atoms with van der Waals surface area (Å²) in [5.41, 5.74) is 0. The first-order valence-corrected chi connectivity index (χ1v) is 21.9. The van der Waals surface area contributed by atoms with E-state index in [1.807, 2.05) is 27.2 Å². The van der Waals surface area contributed by atoms with E-state index in [4.69, 9.17) is 18.9 Å². The van der Waals surface area contributed by atoms with Crippen LogP contribution in [-0.4, -0.2) is 82.3 Å². The highest BCUT2D eigenvalue weighted by Crippen LogP contribution is 2.11. The average molecular weight is 810 g/mol. The lowest BCUT2D eigenvalue weighted by Crippen LogP contribution is -2.44. The molecule has 0 bridgehead atoms. The van der Waals surface area contributed by atoms with Crippen LogP contribution in [0.15, 0.2) is 97.2 Å². The van der Waals surface area contributed by atoms with Crippen molar-refractivity contribution in [3.8, 4) is 0 Å². The van der Waals surface area contributed by atoms with Gasteiger partial charge in [-0.2, -0.15) is 0 Å². The first-order valence-electron chi connectivity index (χ1n) is 21.9. The van der Waals surface area contributed by atoms with E-state index in [1.54, 1.807) is 0 Å². The van der Waals surface area contributed by atoms with Gasteiger partial charge in [0, 0.05) is 12.8 Å². The van der Waals surface area contributed by atoms with Gasteiger partial charge in [0.05, 0.1) is 40.3 Å². The molecule has 0 aromatic carbocycles. The van der Waals surface area contributed by atoms with Crippen LogP contribution in [0.1, 0.15) is 136 Å². The Morgan fingerprint density at radius 1 is 0.534 bits per heavy atom. The lowest BCUT2D eigenvalue weighted by atomic mass is 10.1. The lowest BCUT2D eigenvalue weighted by Gasteiger charge is -2.26. The summed E-state index contributed by atoms with van der Waals surface area (Å²) >= 11 is 0. The summed E-state index contributed by atoms with van der Waals surface area (Å²) in [4.78, 5) is 36.8. The van der Waals surface area contributed by atoms with Gasteiger partial charge in [0.15, 0.2) is 12.4 Å². The Balaban J connectivity index is 4.55. The van der Waals surface area contributed by atoms with Crippen molar-refractivity contribution in [3.05, 3.63) is 97.2 Å². The van der Waals surface area contributed by atoms with Crippen LogP contribution in [0.4, 0.5) is 0 Å². The molecule has 0 N–H and O–H groups in total. The van der Waals surface area contributed by atoms with Crippen molar-refractivity contribution in [1.82, 2.24) is 0 Å². The standard InChI is InChI=1S/C49H79NO8/c1-6-8-10-12-14-16-18-19-20-21-22-23-24-25-26-27-28-29-30-32-34-36-38-40-47(52)58-45(44-57-49(48(53)54)55-42-41-50(3,4)5)43-56-46(51)39-37-35-33-31-17-15-13-11-9-7-2/h8,10-11,13-14,16,19-20,22-23,25-26,28-29,32,34,45,49H,6-7,9,12,15,17-18,21,24,27,30-31,33,35-44H2,1-5H3/b10-8-,13-11-,16-14-,20-19-,23-22-,26-25-,29-28-,34-32-. The van der Waals surface area contributed by atoms with Gasteiger partial charge >= 0.3 is 11.9 Å². The molecule has 9 heteroatoms. The molecular weight excluding hydrogens is 731 g/mol. The zero-order chi connectivity index (χ0) is 42.8. The van der Waals surface area contributed by atoms with Crippen LogP contribution >= 0.6 is 0 Å². The minimum absolute atomic E-state index is 0.130. The molecule has 0 aliphatic carbocycles. The van der Waals surface area contributed by atoms with E-state index in [2.05, 4.69) is 105 Å². The maximum absolute atomic E-state index is 12.7. The number of carbonyl (C=O) groups is 3. The summed E-state index contributed by atoms with van der Waals surface area (Å²) in [5, 5.41) is 11.7. The number of hydrogen-bond acceptors (Lipinski definition) is 8. The molecule has 328 valence electrons. The molecule has 9 nitrogen and oxygen atoms in total. The van der Waals surface area contributed by atoms with Crippen LogP contribution in [-0.2, 0) is 33.3 Å². The number of carboxylic acid groups (broad SMARTS) is 1. The fraction of sp³-hybridized carbons (Fsp3) is 0.612. The zero-order valence-electron chi connectivity index (χ0n) is 36.9. The predicted octanol–water partition coefficient (Wildman–Crippen LogP) is 10.2. The SMILES string of the molecule is CC/C=C\C/C=C\C/C=C\C/C=C\C/C=C\C/C=C\C/C=C\CCCC(=O)OC(COC(=O)CCCCCCC/C=C\CCC)COC(OCC[N+](C)(C)C)C(=O)[O-]. The molecule has 0 radical (unpaired) electrons. The summed E-state index contributed by atoms with van der Waals surface area (Å²) in [6.45, 7) is 4.44. The van der Waals surface area contributed by atoms with Gasteiger partial charge in [-0.15, -0.1) is 0 Å². The van der Waals surface area contributed by atoms with Crippen molar-refractivity contribution in [2.75, 3.05) is 47.5 Å². The number of hydrogen-bond donors (Lipinski definition) is 0. The van der Waals surface area contributed by atoms with E-state index in [0.717, 1.165) is 83.5 Å². The van der Waals surface area contributed by atoms with E-state index >= 15 is 0 Å². The maximum Gasteiger partial charge on any atom is 0.306 e. The summed E-state index contributed by atoms with van der Waals surface area (Å²) < 4.78 is 22.4. The second kappa shape index (κ2) is 40.0. The van der Waals surface area contributed by atoms with Crippen LogP contribution < -0.4 is 5.11 Å². The molecule has 0 amide bonds. The minimum Gasteiger partial charge on any atom is -0.545 e. The molecule has 0 fully saturated rings. The van der Waals surface area contributed by atoms with Gasteiger partial charge in [-0.3, -0.25) is 9.59 Å². The Kier molecular flexibility index (Phi) is 37.4. The van der Waals surface area contributed by atoms with E-state index < -0.39 is 30.3 Å². The minimum atomic E-state index is -1.64. The van der Waals surface area contributed by atoms with E-state index in [1.165, 1.54) is 6.42 Å². The molecule has 0 saturated heterocycles.